The van der Waals surface area contributed by atoms with Gasteiger partial charge in [0, 0.05) is 54.4 Å². The first-order valence-electron chi connectivity index (χ1n) is 10.3. The molecule has 1 amide bonds. The van der Waals surface area contributed by atoms with Crippen molar-refractivity contribution < 1.29 is 9.18 Å². The van der Waals surface area contributed by atoms with Gasteiger partial charge in [0.05, 0.1) is 5.00 Å². The van der Waals surface area contributed by atoms with E-state index in [2.05, 4.69) is 28.1 Å². The number of hydrogen-bond donors (Lipinski definition) is 1. The summed E-state index contributed by atoms with van der Waals surface area (Å²) >= 11 is 1.67. The van der Waals surface area contributed by atoms with Gasteiger partial charge in [-0.15, -0.1) is 11.3 Å². The Morgan fingerprint density at radius 3 is 2.40 bits per heavy atom. The van der Waals surface area contributed by atoms with E-state index < -0.39 is 0 Å². The van der Waals surface area contributed by atoms with E-state index in [4.69, 9.17) is 0 Å². The summed E-state index contributed by atoms with van der Waals surface area (Å²) < 4.78 is 13.2. The third-order valence-corrected chi connectivity index (χ3v) is 6.67. The minimum absolute atomic E-state index is 0.0671. The van der Waals surface area contributed by atoms with Gasteiger partial charge in [0.1, 0.15) is 5.82 Å². The molecule has 156 valence electrons. The Morgan fingerprint density at radius 1 is 1.03 bits per heavy atom. The number of hydrogen-bond acceptors (Lipinski definition) is 4. The zero-order chi connectivity index (χ0) is 20.9. The number of piperazine rings is 1. The number of rotatable bonds is 6. The van der Waals surface area contributed by atoms with Crippen molar-refractivity contribution in [3.05, 3.63) is 82.5 Å². The summed E-state index contributed by atoms with van der Waals surface area (Å²) in [6, 6.07) is 18.3. The molecule has 0 radical (unpaired) electrons. The highest BCUT2D eigenvalue weighted by atomic mass is 32.1. The summed E-state index contributed by atoms with van der Waals surface area (Å²) in [5.74, 6) is -0.269. The maximum atomic E-state index is 13.2. The van der Waals surface area contributed by atoms with Crippen LogP contribution in [0.1, 0.15) is 27.7 Å². The number of nitrogens with zero attached hydrogens (tertiary/aromatic N) is 2. The van der Waals surface area contributed by atoms with Crippen LogP contribution in [0.2, 0.25) is 0 Å². The van der Waals surface area contributed by atoms with Gasteiger partial charge in [-0.25, -0.2) is 4.39 Å². The van der Waals surface area contributed by atoms with E-state index >= 15 is 0 Å². The number of aryl methyl sites for hydroxylation is 1. The highest BCUT2D eigenvalue weighted by Crippen LogP contribution is 2.30. The molecule has 1 saturated heterocycles. The van der Waals surface area contributed by atoms with Gasteiger partial charge < -0.3 is 10.2 Å². The lowest BCUT2D eigenvalue weighted by Gasteiger charge is -2.36. The number of halogens is 1. The molecule has 2 heterocycles. The molecule has 3 aromatic rings. The maximum absolute atomic E-state index is 13.2. The lowest BCUT2D eigenvalue weighted by molar-refractivity contribution is 0.102. The van der Waals surface area contributed by atoms with E-state index in [1.165, 1.54) is 22.6 Å². The van der Waals surface area contributed by atoms with Gasteiger partial charge in [-0.05, 0) is 48.9 Å². The Balaban J connectivity index is 1.40. The van der Waals surface area contributed by atoms with E-state index in [1.807, 2.05) is 42.5 Å². The van der Waals surface area contributed by atoms with Crippen LogP contribution in [0.3, 0.4) is 0 Å². The largest absolute Gasteiger partial charge is 0.369 e. The smallest absolute Gasteiger partial charge is 0.256 e. The zero-order valence-corrected chi connectivity index (χ0v) is 17.9. The summed E-state index contributed by atoms with van der Waals surface area (Å²) in [4.78, 5) is 18.6. The van der Waals surface area contributed by atoms with Gasteiger partial charge in [0.15, 0.2) is 0 Å². The van der Waals surface area contributed by atoms with Crippen LogP contribution in [0.25, 0.3) is 0 Å². The summed E-state index contributed by atoms with van der Waals surface area (Å²) in [7, 11) is 0. The predicted molar refractivity (Wildman–Crippen MR) is 122 cm³/mol. The highest BCUT2D eigenvalue weighted by molar-refractivity contribution is 7.16. The van der Waals surface area contributed by atoms with E-state index in [1.54, 1.807) is 11.3 Å². The Bertz CT molecular complexity index is 979. The summed E-state index contributed by atoms with van der Waals surface area (Å²) in [5.41, 5.74) is 2.91. The van der Waals surface area contributed by atoms with Crippen molar-refractivity contribution in [1.29, 1.82) is 0 Å². The molecule has 4 rings (SSSR count). The van der Waals surface area contributed by atoms with Gasteiger partial charge in [-0.1, -0.05) is 25.1 Å². The summed E-state index contributed by atoms with van der Waals surface area (Å²) in [6.45, 7) is 6.63. The lowest BCUT2D eigenvalue weighted by Crippen LogP contribution is -2.46. The number of nitrogens with one attached hydrogen (secondary N) is 1. The molecular formula is C24H26FN3OS. The van der Waals surface area contributed by atoms with Crippen LogP contribution in [0.4, 0.5) is 15.1 Å². The van der Waals surface area contributed by atoms with E-state index in [0.29, 0.717) is 5.56 Å². The zero-order valence-electron chi connectivity index (χ0n) is 17.1. The summed E-state index contributed by atoms with van der Waals surface area (Å²) in [6.07, 6.45) is 0.956. The van der Waals surface area contributed by atoms with Crippen molar-refractivity contribution in [2.75, 3.05) is 36.4 Å². The number of carbonyl (C=O) groups is 1. The van der Waals surface area contributed by atoms with E-state index in [9.17, 15) is 9.18 Å². The monoisotopic (exact) mass is 423 g/mol. The minimum atomic E-state index is -0.202. The van der Waals surface area contributed by atoms with Gasteiger partial charge in [-0.3, -0.25) is 9.69 Å². The van der Waals surface area contributed by atoms with Crippen LogP contribution in [0, 0.1) is 5.82 Å². The van der Waals surface area contributed by atoms with Crippen molar-refractivity contribution in [2.24, 2.45) is 0 Å². The number of carbonyl (C=O) groups excluding carboxylic acids is 1. The normalized spacial score (nSPS) is 14.7. The molecule has 1 N–H and O–H groups in total. The van der Waals surface area contributed by atoms with Crippen LogP contribution in [-0.4, -0.2) is 37.0 Å². The van der Waals surface area contributed by atoms with Crippen LogP contribution < -0.4 is 10.2 Å². The molecule has 0 atom stereocenters. The topological polar surface area (TPSA) is 35.6 Å². The second-order valence-corrected chi connectivity index (χ2v) is 8.62. The summed E-state index contributed by atoms with van der Waals surface area (Å²) in [5, 5.41) is 4.06. The number of anilines is 2. The standard InChI is InChI=1S/C24H26FN3OS/c1-2-22-16-19(24(30-22)26-23(29)18-6-4-3-5-7-18)17-27-12-14-28(15-13-27)21-10-8-20(25)9-11-21/h3-11,16H,2,12-15,17H2,1H3,(H,26,29). The van der Waals surface area contributed by atoms with Crippen molar-refractivity contribution in [3.63, 3.8) is 0 Å². The molecule has 0 spiro atoms. The van der Waals surface area contributed by atoms with Crippen LogP contribution in [-0.2, 0) is 13.0 Å². The fourth-order valence-electron chi connectivity index (χ4n) is 3.71. The van der Waals surface area contributed by atoms with Gasteiger partial charge in [-0.2, -0.15) is 0 Å². The lowest BCUT2D eigenvalue weighted by atomic mass is 10.2. The van der Waals surface area contributed by atoms with Crippen LogP contribution >= 0.6 is 11.3 Å². The molecule has 0 bridgehead atoms. The molecule has 0 aliphatic carbocycles. The molecule has 4 nitrogen and oxygen atoms in total. The van der Waals surface area contributed by atoms with E-state index in [-0.39, 0.29) is 11.7 Å². The van der Waals surface area contributed by atoms with Crippen molar-refractivity contribution >= 4 is 27.9 Å². The van der Waals surface area contributed by atoms with Crippen LogP contribution in [0.5, 0.6) is 0 Å². The Kier molecular flexibility index (Phi) is 6.45. The molecule has 1 aromatic heterocycles. The maximum Gasteiger partial charge on any atom is 0.256 e. The molecule has 0 saturated carbocycles. The molecule has 0 unspecified atom stereocenters. The molecule has 2 aromatic carbocycles. The second-order valence-electron chi connectivity index (χ2n) is 7.48. The third-order valence-electron chi connectivity index (χ3n) is 5.43. The highest BCUT2D eigenvalue weighted by Gasteiger charge is 2.20. The average Bonchev–Trinajstić information content (AvgIpc) is 3.17. The first-order chi connectivity index (χ1) is 14.6. The number of thiophene rings is 1. The van der Waals surface area contributed by atoms with Crippen molar-refractivity contribution in [1.82, 2.24) is 4.90 Å². The van der Waals surface area contributed by atoms with Gasteiger partial charge in [0.2, 0.25) is 0 Å². The van der Waals surface area contributed by atoms with Gasteiger partial charge >= 0.3 is 0 Å². The molecule has 1 aliphatic rings. The predicted octanol–water partition coefficient (Wildman–Crippen LogP) is 5.02. The first kappa shape index (κ1) is 20.6. The van der Waals surface area contributed by atoms with Crippen LogP contribution in [0.15, 0.2) is 60.7 Å². The Morgan fingerprint density at radius 2 is 1.73 bits per heavy atom. The van der Waals surface area contributed by atoms with Crippen molar-refractivity contribution in [3.8, 4) is 0 Å². The molecular weight excluding hydrogens is 397 g/mol. The average molecular weight is 424 g/mol. The second kappa shape index (κ2) is 9.41. The molecule has 6 heteroatoms. The molecule has 1 fully saturated rings. The minimum Gasteiger partial charge on any atom is -0.369 e. The number of amides is 1. The first-order valence-corrected chi connectivity index (χ1v) is 11.1. The Labute approximate surface area is 180 Å². The number of benzene rings is 2. The van der Waals surface area contributed by atoms with Crippen molar-refractivity contribution in [2.45, 2.75) is 19.9 Å². The molecule has 1 aliphatic heterocycles. The third kappa shape index (κ3) is 4.89. The fourth-order valence-corrected chi connectivity index (χ4v) is 4.71. The van der Waals surface area contributed by atoms with E-state index in [0.717, 1.165) is 49.8 Å². The Hall–Kier alpha value is -2.70. The van der Waals surface area contributed by atoms with Gasteiger partial charge in [0.25, 0.3) is 5.91 Å². The quantitative estimate of drug-likeness (QED) is 0.604. The molecule has 30 heavy (non-hydrogen) atoms. The SMILES string of the molecule is CCc1cc(CN2CCN(c3ccc(F)cc3)CC2)c(NC(=O)c2ccccc2)s1. The fraction of sp³-hybridized carbons (Fsp3) is 0.292.